The van der Waals surface area contributed by atoms with Crippen molar-refractivity contribution in [1.29, 1.82) is 0 Å². The third-order valence-electron chi connectivity index (χ3n) is 2.34. The molecule has 0 aliphatic rings. The molecule has 1 heterocycles. The van der Waals surface area contributed by atoms with Crippen LogP contribution in [0, 0.1) is 6.92 Å². The van der Waals surface area contributed by atoms with Gasteiger partial charge in [-0.05, 0) is 42.8 Å². The number of carbonyl (C=O) groups is 1. The molecule has 2 rings (SSSR count). The Morgan fingerprint density at radius 1 is 1.19 bits per heavy atom. The molecule has 0 unspecified atom stereocenters. The number of hydrogen-bond acceptors (Lipinski definition) is 4. The second-order valence-electron chi connectivity index (χ2n) is 4.16. The molecule has 0 bridgehead atoms. The van der Waals surface area contributed by atoms with E-state index >= 15 is 0 Å². The Hall–Kier alpha value is -2.25. The molecule has 0 spiro atoms. The molecular formula is C14H16N2O4S. The van der Waals surface area contributed by atoms with E-state index in [-0.39, 0.29) is 10.8 Å². The van der Waals surface area contributed by atoms with Gasteiger partial charge < -0.3 is 5.32 Å². The van der Waals surface area contributed by atoms with Crippen LogP contribution in [0.5, 0.6) is 0 Å². The summed E-state index contributed by atoms with van der Waals surface area (Å²) in [5, 5.41) is 2.51. The molecule has 112 valence electrons. The Bertz CT molecular complexity index is 673. The van der Waals surface area contributed by atoms with E-state index in [9.17, 15) is 13.2 Å². The van der Waals surface area contributed by atoms with Crippen LogP contribution in [0.1, 0.15) is 12.5 Å². The zero-order valence-electron chi connectivity index (χ0n) is 11.6. The van der Waals surface area contributed by atoms with Gasteiger partial charge in [-0.1, -0.05) is 6.07 Å². The van der Waals surface area contributed by atoms with Crippen molar-refractivity contribution >= 4 is 21.7 Å². The van der Waals surface area contributed by atoms with E-state index in [1.807, 2.05) is 18.2 Å². The smallest absolute Gasteiger partial charge is 0.294 e. The van der Waals surface area contributed by atoms with Crippen LogP contribution in [0.3, 0.4) is 0 Å². The van der Waals surface area contributed by atoms with E-state index in [4.69, 9.17) is 4.55 Å². The Labute approximate surface area is 123 Å². The first kappa shape index (κ1) is 16.8. The fraction of sp³-hybridized carbons (Fsp3) is 0.143. The molecule has 0 aliphatic heterocycles. The zero-order valence-corrected chi connectivity index (χ0v) is 12.5. The highest BCUT2D eigenvalue weighted by Gasteiger charge is 2.12. The molecule has 2 N–H and O–H groups in total. The lowest BCUT2D eigenvalue weighted by Crippen LogP contribution is -2.07. The first-order valence-electron chi connectivity index (χ1n) is 6.01. The molecule has 21 heavy (non-hydrogen) atoms. The van der Waals surface area contributed by atoms with E-state index in [0.717, 1.165) is 0 Å². The Morgan fingerprint density at radius 2 is 1.81 bits per heavy atom. The molecule has 2 aromatic rings. The third-order valence-corrected chi connectivity index (χ3v) is 3.35. The van der Waals surface area contributed by atoms with Crippen LogP contribution in [-0.2, 0) is 14.9 Å². The molecule has 6 nitrogen and oxygen atoms in total. The molecule has 7 heteroatoms. The lowest BCUT2D eigenvalue weighted by Gasteiger charge is -2.06. The molecule has 0 radical (unpaired) electrons. The summed E-state index contributed by atoms with van der Waals surface area (Å²) in [6.45, 7) is 2.89. The minimum atomic E-state index is -4.19. The summed E-state index contributed by atoms with van der Waals surface area (Å²) < 4.78 is 30.5. The van der Waals surface area contributed by atoms with Gasteiger partial charge in [0.05, 0.1) is 4.90 Å². The maximum atomic E-state index is 10.9. The summed E-state index contributed by atoms with van der Waals surface area (Å²) >= 11 is 0. The van der Waals surface area contributed by atoms with Crippen LogP contribution in [0.15, 0.2) is 53.7 Å². The number of aromatic nitrogens is 1. The van der Waals surface area contributed by atoms with Crippen molar-refractivity contribution in [2.24, 2.45) is 0 Å². The lowest BCUT2D eigenvalue weighted by atomic mass is 10.2. The number of amides is 1. The highest BCUT2D eigenvalue weighted by Crippen LogP contribution is 2.19. The first-order chi connectivity index (χ1) is 9.80. The lowest BCUT2D eigenvalue weighted by molar-refractivity contribution is -0.114. The van der Waals surface area contributed by atoms with E-state index in [0.29, 0.717) is 11.3 Å². The van der Waals surface area contributed by atoms with E-state index in [1.165, 1.54) is 32.0 Å². The summed E-state index contributed by atoms with van der Waals surface area (Å²) in [6, 6.07) is 9.85. The number of rotatable bonds is 2. The predicted octanol–water partition coefficient (Wildman–Crippen LogP) is 2.28. The van der Waals surface area contributed by atoms with E-state index in [1.54, 1.807) is 12.4 Å². The van der Waals surface area contributed by atoms with Crippen molar-refractivity contribution in [3.63, 3.8) is 0 Å². The third kappa shape index (κ3) is 6.15. The maximum absolute atomic E-state index is 10.9. The number of pyridine rings is 1. The van der Waals surface area contributed by atoms with Gasteiger partial charge in [0, 0.05) is 25.0 Å². The minimum Gasteiger partial charge on any atom is -0.326 e. The molecule has 1 amide bonds. The Kier molecular flexibility index (Phi) is 6.01. The van der Waals surface area contributed by atoms with Gasteiger partial charge in [0.15, 0.2) is 0 Å². The molecular weight excluding hydrogens is 292 g/mol. The number of nitrogens with zero attached hydrogens (tertiary/aromatic N) is 1. The van der Waals surface area contributed by atoms with Crippen LogP contribution in [0.4, 0.5) is 5.69 Å². The number of nitrogens with one attached hydrogen (secondary N) is 1. The van der Waals surface area contributed by atoms with Gasteiger partial charge in [-0.3, -0.25) is 14.3 Å². The van der Waals surface area contributed by atoms with Crippen LogP contribution < -0.4 is 5.32 Å². The maximum Gasteiger partial charge on any atom is 0.294 e. The van der Waals surface area contributed by atoms with Crippen molar-refractivity contribution < 1.29 is 17.8 Å². The summed E-state index contributed by atoms with van der Waals surface area (Å²) in [5.74, 6) is -0.242. The summed E-state index contributed by atoms with van der Waals surface area (Å²) in [6.07, 6.45) is 3.50. The van der Waals surface area contributed by atoms with Crippen molar-refractivity contribution in [2.75, 3.05) is 5.32 Å². The number of anilines is 1. The van der Waals surface area contributed by atoms with E-state index < -0.39 is 10.1 Å². The molecule has 1 aromatic carbocycles. The molecule has 0 saturated heterocycles. The van der Waals surface area contributed by atoms with Gasteiger partial charge in [-0.15, -0.1) is 0 Å². The second-order valence-corrected chi connectivity index (χ2v) is 5.55. The monoisotopic (exact) mass is 308 g/mol. The molecule has 0 saturated carbocycles. The SMILES string of the molecule is CC(=O)Nc1ccc(S(=O)(=O)O)c(C)c1.c1ccncc1. The van der Waals surface area contributed by atoms with Crippen molar-refractivity contribution in [2.45, 2.75) is 18.7 Å². The molecule has 0 aliphatic carbocycles. The zero-order chi connectivity index (χ0) is 15.9. The fourth-order valence-electron chi connectivity index (χ4n) is 1.53. The van der Waals surface area contributed by atoms with Crippen molar-refractivity contribution in [1.82, 2.24) is 4.98 Å². The molecule has 1 aromatic heterocycles. The summed E-state index contributed by atoms with van der Waals surface area (Å²) in [4.78, 5) is 14.4. The first-order valence-corrected chi connectivity index (χ1v) is 7.45. The van der Waals surface area contributed by atoms with Gasteiger partial charge in [-0.25, -0.2) is 0 Å². The number of benzene rings is 1. The summed E-state index contributed by atoms with van der Waals surface area (Å²) in [7, 11) is -4.19. The fourth-order valence-corrected chi connectivity index (χ4v) is 2.24. The number of carbonyl (C=O) groups excluding carboxylic acids is 1. The highest BCUT2D eigenvalue weighted by molar-refractivity contribution is 7.85. The van der Waals surface area contributed by atoms with E-state index in [2.05, 4.69) is 10.3 Å². The largest absolute Gasteiger partial charge is 0.326 e. The van der Waals surface area contributed by atoms with Crippen molar-refractivity contribution in [3.8, 4) is 0 Å². The Balaban J connectivity index is 0.000000304. The topological polar surface area (TPSA) is 96.4 Å². The highest BCUT2D eigenvalue weighted by atomic mass is 32.2. The Morgan fingerprint density at radius 3 is 2.14 bits per heavy atom. The standard InChI is InChI=1S/C9H11NO4S.C5H5N/c1-6-5-8(10-7(2)11)3-4-9(6)15(12,13)14;1-2-4-6-5-3-1/h3-5H,1-2H3,(H,10,11)(H,12,13,14);1-5H. The van der Waals surface area contributed by atoms with Crippen LogP contribution in [0.25, 0.3) is 0 Å². The van der Waals surface area contributed by atoms with Crippen LogP contribution >= 0.6 is 0 Å². The minimum absolute atomic E-state index is 0.156. The van der Waals surface area contributed by atoms with Gasteiger partial charge in [0.2, 0.25) is 5.91 Å². The van der Waals surface area contributed by atoms with Crippen molar-refractivity contribution in [3.05, 3.63) is 54.4 Å². The molecule has 0 atom stereocenters. The van der Waals surface area contributed by atoms with Crippen LogP contribution in [0.2, 0.25) is 0 Å². The average molecular weight is 308 g/mol. The number of aryl methyl sites for hydroxylation is 1. The second kappa shape index (κ2) is 7.51. The average Bonchev–Trinajstić information content (AvgIpc) is 2.39. The van der Waals surface area contributed by atoms with Gasteiger partial charge in [0.1, 0.15) is 0 Å². The van der Waals surface area contributed by atoms with Crippen LogP contribution in [-0.4, -0.2) is 23.9 Å². The quantitative estimate of drug-likeness (QED) is 0.830. The molecule has 0 fully saturated rings. The van der Waals surface area contributed by atoms with Gasteiger partial charge in [0.25, 0.3) is 10.1 Å². The summed E-state index contributed by atoms with van der Waals surface area (Å²) in [5.41, 5.74) is 0.871. The predicted molar refractivity (Wildman–Crippen MR) is 79.5 cm³/mol. The van der Waals surface area contributed by atoms with Gasteiger partial charge in [-0.2, -0.15) is 8.42 Å². The van der Waals surface area contributed by atoms with Gasteiger partial charge >= 0.3 is 0 Å². The normalized spacial score (nSPS) is 10.2. The number of hydrogen-bond donors (Lipinski definition) is 2.